The molecule has 2 amide bonds. The van der Waals surface area contributed by atoms with Crippen LogP contribution in [0.1, 0.15) is 31.8 Å². The summed E-state index contributed by atoms with van der Waals surface area (Å²) in [5.41, 5.74) is 9.91. The van der Waals surface area contributed by atoms with Crippen LogP contribution in [-0.4, -0.2) is 28.3 Å². The molecule has 2 heterocycles. The van der Waals surface area contributed by atoms with Crippen LogP contribution in [0, 0.1) is 0 Å². The molecule has 0 aliphatic carbocycles. The Morgan fingerprint density at radius 2 is 1.71 bits per heavy atom. The number of carbonyl (C=O) groups excluding carboxylic acids is 2. The summed E-state index contributed by atoms with van der Waals surface area (Å²) >= 11 is 0. The van der Waals surface area contributed by atoms with Crippen molar-refractivity contribution in [1.29, 1.82) is 0 Å². The first-order valence-corrected chi connectivity index (χ1v) is 11.0. The summed E-state index contributed by atoms with van der Waals surface area (Å²) in [6, 6.07) is 24.4. The number of hydrogen-bond acceptors (Lipinski definition) is 5. The van der Waals surface area contributed by atoms with Gasteiger partial charge in [0.1, 0.15) is 5.82 Å². The molecule has 0 aliphatic heterocycles. The third kappa shape index (κ3) is 5.83. The number of nitrogens with one attached hydrogen (secondary N) is 2. The summed E-state index contributed by atoms with van der Waals surface area (Å²) in [4.78, 5) is 33.2. The number of nitrogens with zero attached hydrogens (tertiary/aromatic N) is 2. The molecule has 2 aromatic carbocycles. The number of rotatable bonds is 9. The smallest absolute Gasteiger partial charge is 0.255 e. The number of amides is 2. The SMILES string of the molecule is NC(=O)c1cccc(CCNc2nc(-c3ccccc3)ccc2C(=O)NCc2cccnc2)c1. The minimum atomic E-state index is -0.459. The zero-order chi connectivity index (χ0) is 23.8. The topological polar surface area (TPSA) is 110 Å². The molecular formula is C27H25N5O2. The Labute approximate surface area is 198 Å². The highest BCUT2D eigenvalue weighted by Gasteiger charge is 2.14. The second kappa shape index (κ2) is 10.9. The van der Waals surface area contributed by atoms with E-state index in [1.165, 1.54) is 0 Å². The molecule has 2 aromatic heterocycles. The molecule has 4 rings (SSSR count). The van der Waals surface area contributed by atoms with E-state index in [4.69, 9.17) is 10.7 Å². The van der Waals surface area contributed by atoms with Gasteiger partial charge >= 0.3 is 0 Å². The summed E-state index contributed by atoms with van der Waals surface area (Å²) in [6.07, 6.45) is 4.05. The Morgan fingerprint density at radius 3 is 2.47 bits per heavy atom. The van der Waals surface area contributed by atoms with Crippen LogP contribution in [0.4, 0.5) is 5.82 Å². The highest BCUT2D eigenvalue weighted by atomic mass is 16.2. The zero-order valence-corrected chi connectivity index (χ0v) is 18.6. The van der Waals surface area contributed by atoms with Crippen LogP contribution in [0.2, 0.25) is 0 Å². The van der Waals surface area contributed by atoms with E-state index in [0.29, 0.717) is 36.5 Å². The number of carbonyl (C=O) groups is 2. The van der Waals surface area contributed by atoms with Crippen molar-refractivity contribution in [3.8, 4) is 11.3 Å². The Balaban J connectivity index is 1.52. The minimum Gasteiger partial charge on any atom is -0.369 e. The highest BCUT2D eigenvalue weighted by Crippen LogP contribution is 2.22. The van der Waals surface area contributed by atoms with Gasteiger partial charge in [0, 0.05) is 36.6 Å². The van der Waals surface area contributed by atoms with Gasteiger partial charge in [-0.05, 0) is 47.9 Å². The fraction of sp³-hybridized carbons (Fsp3) is 0.111. The molecule has 0 fully saturated rings. The van der Waals surface area contributed by atoms with Gasteiger partial charge in [-0.15, -0.1) is 0 Å². The summed E-state index contributed by atoms with van der Waals surface area (Å²) in [5, 5.41) is 6.23. The molecule has 0 saturated carbocycles. The van der Waals surface area contributed by atoms with Crippen LogP contribution in [-0.2, 0) is 13.0 Å². The van der Waals surface area contributed by atoms with Crippen molar-refractivity contribution in [1.82, 2.24) is 15.3 Å². The highest BCUT2D eigenvalue weighted by molar-refractivity contribution is 5.99. The molecule has 0 atom stereocenters. The van der Waals surface area contributed by atoms with Gasteiger partial charge in [0.2, 0.25) is 5.91 Å². The van der Waals surface area contributed by atoms with E-state index in [-0.39, 0.29) is 5.91 Å². The van der Waals surface area contributed by atoms with E-state index in [1.54, 1.807) is 36.7 Å². The fourth-order valence-corrected chi connectivity index (χ4v) is 3.53. The van der Waals surface area contributed by atoms with Gasteiger partial charge in [-0.3, -0.25) is 14.6 Å². The van der Waals surface area contributed by atoms with Gasteiger partial charge in [-0.25, -0.2) is 4.98 Å². The van der Waals surface area contributed by atoms with Crippen LogP contribution >= 0.6 is 0 Å². The maximum absolute atomic E-state index is 13.0. The molecule has 0 saturated heterocycles. The summed E-state index contributed by atoms with van der Waals surface area (Å²) in [5.74, 6) is -0.190. The van der Waals surface area contributed by atoms with E-state index >= 15 is 0 Å². The Morgan fingerprint density at radius 1 is 0.882 bits per heavy atom. The second-order valence-electron chi connectivity index (χ2n) is 7.74. The molecule has 4 N–H and O–H groups in total. The maximum atomic E-state index is 13.0. The van der Waals surface area contributed by atoms with Crippen molar-refractivity contribution >= 4 is 17.6 Å². The minimum absolute atomic E-state index is 0.228. The molecule has 0 radical (unpaired) electrons. The van der Waals surface area contributed by atoms with Gasteiger partial charge in [0.05, 0.1) is 11.3 Å². The summed E-state index contributed by atoms with van der Waals surface area (Å²) in [7, 11) is 0. The molecule has 0 aliphatic rings. The van der Waals surface area contributed by atoms with Crippen LogP contribution in [0.15, 0.2) is 91.3 Å². The van der Waals surface area contributed by atoms with E-state index in [9.17, 15) is 9.59 Å². The number of nitrogens with two attached hydrogens (primary N) is 1. The lowest BCUT2D eigenvalue weighted by atomic mass is 10.1. The third-order valence-corrected chi connectivity index (χ3v) is 5.30. The van der Waals surface area contributed by atoms with E-state index in [1.807, 2.05) is 54.6 Å². The normalized spacial score (nSPS) is 10.5. The molecule has 0 spiro atoms. The Hall–Kier alpha value is -4.52. The molecule has 170 valence electrons. The summed E-state index contributed by atoms with van der Waals surface area (Å²) in [6.45, 7) is 0.892. The maximum Gasteiger partial charge on any atom is 0.255 e. The number of primary amides is 1. The van der Waals surface area contributed by atoms with E-state index in [0.717, 1.165) is 22.4 Å². The van der Waals surface area contributed by atoms with E-state index in [2.05, 4.69) is 15.6 Å². The number of anilines is 1. The van der Waals surface area contributed by atoms with E-state index < -0.39 is 5.91 Å². The molecule has 4 aromatic rings. The van der Waals surface area contributed by atoms with Gasteiger partial charge in [0.15, 0.2) is 0 Å². The van der Waals surface area contributed by atoms with Crippen molar-refractivity contribution in [3.05, 3.63) is 114 Å². The lowest BCUT2D eigenvalue weighted by Gasteiger charge is -2.14. The number of benzene rings is 2. The first-order valence-electron chi connectivity index (χ1n) is 11.0. The van der Waals surface area contributed by atoms with Crippen molar-refractivity contribution in [2.24, 2.45) is 5.73 Å². The monoisotopic (exact) mass is 451 g/mol. The Kier molecular flexibility index (Phi) is 7.25. The third-order valence-electron chi connectivity index (χ3n) is 5.30. The standard InChI is InChI=1S/C27H25N5O2/c28-25(33)22-10-4-6-19(16-22)13-15-30-26-23(27(34)31-18-20-7-5-14-29-17-20)11-12-24(32-26)21-8-2-1-3-9-21/h1-12,14,16-17H,13,15,18H2,(H2,28,33)(H,30,32)(H,31,34). The predicted molar refractivity (Wildman–Crippen MR) is 132 cm³/mol. The molecule has 7 heteroatoms. The average molecular weight is 452 g/mol. The average Bonchev–Trinajstić information content (AvgIpc) is 2.88. The van der Waals surface area contributed by atoms with Crippen LogP contribution < -0.4 is 16.4 Å². The summed E-state index contributed by atoms with van der Waals surface area (Å²) < 4.78 is 0. The van der Waals surface area contributed by atoms with Crippen LogP contribution in [0.25, 0.3) is 11.3 Å². The molecule has 34 heavy (non-hydrogen) atoms. The molecule has 7 nitrogen and oxygen atoms in total. The fourth-order valence-electron chi connectivity index (χ4n) is 3.53. The first-order chi connectivity index (χ1) is 16.6. The number of aromatic nitrogens is 2. The number of pyridine rings is 2. The largest absolute Gasteiger partial charge is 0.369 e. The molecular weight excluding hydrogens is 426 g/mol. The molecule has 0 bridgehead atoms. The zero-order valence-electron chi connectivity index (χ0n) is 18.6. The number of hydrogen-bond donors (Lipinski definition) is 3. The first kappa shape index (κ1) is 22.7. The second-order valence-corrected chi connectivity index (χ2v) is 7.74. The van der Waals surface area contributed by atoms with Crippen molar-refractivity contribution < 1.29 is 9.59 Å². The van der Waals surface area contributed by atoms with Crippen LogP contribution in [0.5, 0.6) is 0 Å². The predicted octanol–water partition coefficient (Wildman–Crippen LogP) is 3.83. The van der Waals surface area contributed by atoms with Crippen molar-refractivity contribution in [2.75, 3.05) is 11.9 Å². The quantitative estimate of drug-likeness (QED) is 0.358. The van der Waals surface area contributed by atoms with Gasteiger partial charge in [0.25, 0.3) is 5.91 Å². The van der Waals surface area contributed by atoms with Crippen molar-refractivity contribution in [2.45, 2.75) is 13.0 Å². The lowest BCUT2D eigenvalue weighted by Crippen LogP contribution is -2.25. The van der Waals surface area contributed by atoms with Crippen LogP contribution in [0.3, 0.4) is 0 Å². The van der Waals surface area contributed by atoms with Gasteiger partial charge < -0.3 is 16.4 Å². The van der Waals surface area contributed by atoms with Gasteiger partial charge in [-0.2, -0.15) is 0 Å². The lowest BCUT2D eigenvalue weighted by molar-refractivity contribution is 0.0950. The Bertz CT molecular complexity index is 1280. The molecule has 0 unspecified atom stereocenters. The van der Waals surface area contributed by atoms with Crippen molar-refractivity contribution in [3.63, 3.8) is 0 Å². The van der Waals surface area contributed by atoms with Gasteiger partial charge in [-0.1, -0.05) is 48.5 Å².